The molecule has 1 aromatic carbocycles. The van der Waals surface area contributed by atoms with Gasteiger partial charge >= 0.3 is 5.97 Å². The first kappa shape index (κ1) is 18.2. The van der Waals surface area contributed by atoms with Gasteiger partial charge in [-0.05, 0) is 56.2 Å². The van der Waals surface area contributed by atoms with E-state index in [0.717, 1.165) is 17.5 Å². The van der Waals surface area contributed by atoms with Crippen LogP contribution in [0.25, 0.3) is 16.7 Å². The van der Waals surface area contributed by atoms with Gasteiger partial charge in [-0.1, -0.05) is 0 Å². The summed E-state index contributed by atoms with van der Waals surface area (Å²) in [6.07, 6.45) is 4.86. The summed E-state index contributed by atoms with van der Waals surface area (Å²) in [7, 11) is 0. The quantitative estimate of drug-likeness (QED) is 0.729. The number of carbonyl (C=O) groups excluding carboxylic acids is 1. The summed E-state index contributed by atoms with van der Waals surface area (Å²) in [6.45, 7) is 2.70. The Labute approximate surface area is 161 Å². The van der Waals surface area contributed by atoms with E-state index in [1.54, 1.807) is 48.4 Å². The number of amides is 1. The maximum atomic E-state index is 12.8. The Morgan fingerprint density at radius 1 is 1.14 bits per heavy atom. The number of likely N-dealkylation sites (tertiary alicyclic amines) is 1. The van der Waals surface area contributed by atoms with Gasteiger partial charge in [0.2, 0.25) is 0 Å². The van der Waals surface area contributed by atoms with E-state index in [9.17, 15) is 14.7 Å². The van der Waals surface area contributed by atoms with Crippen LogP contribution in [0.1, 0.15) is 40.5 Å². The molecule has 28 heavy (non-hydrogen) atoms. The summed E-state index contributed by atoms with van der Waals surface area (Å²) in [5.41, 5.74) is 1.34. The minimum atomic E-state index is -0.970. The van der Waals surface area contributed by atoms with Crippen molar-refractivity contribution in [2.75, 3.05) is 13.1 Å². The lowest BCUT2D eigenvalue weighted by molar-refractivity contribution is -0.0107. The minimum Gasteiger partial charge on any atom is -0.478 e. The fraction of sp³-hybridized carbons (Fsp3) is 0.286. The predicted octanol–water partition coefficient (Wildman–Crippen LogP) is 2.71. The zero-order valence-corrected chi connectivity index (χ0v) is 15.5. The van der Waals surface area contributed by atoms with Crippen molar-refractivity contribution in [3.05, 3.63) is 59.9 Å². The molecule has 1 amide bonds. The third-order valence-electron chi connectivity index (χ3n) is 5.13. The van der Waals surface area contributed by atoms with Gasteiger partial charge in [0.15, 0.2) is 0 Å². The number of pyridine rings is 1. The van der Waals surface area contributed by atoms with Crippen LogP contribution in [0.4, 0.5) is 0 Å². The second-order valence-corrected chi connectivity index (χ2v) is 7.50. The highest BCUT2D eigenvalue weighted by atomic mass is 16.4. The van der Waals surface area contributed by atoms with Crippen molar-refractivity contribution < 1.29 is 19.8 Å². The maximum Gasteiger partial charge on any atom is 0.335 e. The number of piperidine rings is 1. The van der Waals surface area contributed by atoms with Crippen LogP contribution in [-0.2, 0) is 0 Å². The smallest absolute Gasteiger partial charge is 0.335 e. The Hall–Kier alpha value is -3.19. The number of aromatic nitrogens is 2. The topological polar surface area (TPSA) is 95.7 Å². The van der Waals surface area contributed by atoms with E-state index in [-0.39, 0.29) is 11.5 Å². The maximum absolute atomic E-state index is 12.8. The van der Waals surface area contributed by atoms with E-state index in [0.29, 0.717) is 30.7 Å². The number of benzene rings is 1. The van der Waals surface area contributed by atoms with E-state index >= 15 is 0 Å². The third kappa shape index (κ3) is 3.36. The van der Waals surface area contributed by atoms with E-state index in [4.69, 9.17) is 5.11 Å². The van der Waals surface area contributed by atoms with Gasteiger partial charge in [0.25, 0.3) is 5.91 Å². The number of carboxylic acids is 1. The monoisotopic (exact) mass is 379 g/mol. The van der Waals surface area contributed by atoms with Crippen molar-refractivity contribution in [1.29, 1.82) is 0 Å². The Balaban J connectivity index is 1.62. The van der Waals surface area contributed by atoms with Gasteiger partial charge in [-0.25, -0.2) is 9.78 Å². The zero-order valence-electron chi connectivity index (χ0n) is 15.5. The molecule has 7 heteroatoms. The number of nitrogens with zero attached hydrogens (tertiary/aromatic N) is 3. The van der Waals surface area contributed by atoms with Crippen molar-refractivity contribution in [2.24, 2.45) is 0 Å². The summed E-state index contributed by atoms with van der Waals surface area (Å²) < 4.78 is 1.85. The fourth-order valence-corrected chi connectivity index (χ4v) is 3.69. The number of hydrogen-bond acceptors (Lipinski definition) is 4. The molecule has 0 unspecified atom stereocenters. The normalized spacial score (nSPS) is 19.7. The molecule has 1 atom stereocenters. The average molecular weight is 379 g/mol. The van der Waals surface area contributed by atoms with Gasteiger partial charge in [0, 0.05) is 36.6 Å². The fourth-order valence-electron chi connectivity index (χ4n) is 3.69. The van der Waals surface area contributed by atoms with Gasteiger partial charge in [-0.2, -0.15) is 0 Å². The molecule has 144 valence electrons. The lowest BCUT2D eigenvalue weighted by Gasteiger charge is -2.36. The highest BCUT2D eigenvalue weighted by Crippen LogP contribution is 2.24. The lowest BCUT2D eigenvalue weighted by Crippen LogP contribution is -2.48. The molecule has 3 heterocycles. The highest BCUT2D eigenvalue weighted by molar-refractivity contribution is 5.97. The first-order valence-corrected chi connectivity index (χ1v) is 9.17. The van der Waals surface area contributed by atoms with Crippen LogP contribution in [0.15, 0.2) is 48.8 Å². The largest absolute Gasteiger partial charge is 0.478 e. The zero-order chi connectivity index (χ0) is 19.9. The highest BCUT2D eigenvalue weighted by Gasteiger charge is 2.31. The number of β-amino-alcohol motifs (C(OH)–C–C–N with tert-alkyl or cyclic N) is 1. The summed E-state index contributed by atoms with van der Waals surface area (Å²) in [5.74, 6) is -1.10. The van der Waals surface area contributed by atoms with E-state index in [1.807, 2.05) is 16.8 Å². The third-order valence-corrected chi connectivity index (χ3v) is 5.13. The molecule has 0 spiro atoms. The number of carbonyl (C=O) groups is 2. The molecule has 1 aliphatic heterocycles. The van der Waals surface area contributed by atoms with E-state index in [1.165, 1.54) is 0 Å². The summed E-state index contributed by atoms with van der Waals surface area (Å²) >= 11 is 0. The molecule has 0 aliphatic carbocycles. The van der Waals surface area contributed by atoms with Crippen LogP contribution in [0.3, 0.4) is 0 Å². The molecule has 1 saturated heterocycles. The van der Waals surface area contributed by atoms with Crippen molar-refractivity contribution >= 4 is 22.9 Å². The predicted molar refractivity (Wildman–Crippen MR) is 104 cm³/mol. The molecule has 0 saturated carbocycles. The number of rotatable bonds is 3. The molecular formula is C21H21N3O4. The SMILES string of the molecule is C[C@]1(O)CCCN(C(=O)c2cnc3c(ccn3-c3ccc(C(=O)O)cc3)c2)C1. The number of hydrogen-bond donors (Lipinski definition) is 2. The summed E-state index contributed by atoms with van der Waals surface area (Å²) in [5, 5.41) is 20.1. The van der Waals surface area contributed by atoms with Gasteiger partial charge in [0.1, 0.15) is 5.65 Å². The molecule has 2 aromatic heterocycles. The number of fused-ring (bicyclic) bond motifs is 1. The summed E-state index contributed by atoms with van der Waals surface area (Å²) in [4.78, 5) is 30.0. The average Bonchev–Trinajstić information content (AvgIpc) is 3.10. The van der Waals surface area contributed by atoms with Crippen LogP contribution in [0, 0.1) is 0 Å². The molecule has 1 aliphatic rings. The minimum absolute atomic E-state index is 0.132. The van der Waals surface area contributed by atoms with Crippen molar-refractivity contribution in [1.82, 2.24) is 14.5 Å². The van der Waals surface area contributed by atoms with Crippen LogP contribution < -0.4 is 0 Å². The molecule has 1 fully saturated rings. The van der Waals surface area contributed by atoms with Gasteiger partial charge in [0.05, 0.1) is 16.7 Å². The molecule has 0 radical (unpaired) electrons. The van der Waals surface area contributed by atoms with Gasteiger partial charge in [-0.3, -0.25) is 4.79 Å². The molecule has 0 bridgehead atoms. The number of aliphatic hydroxyl groups is 1. The van der Waals surface area contributed by atoms with E-state index in [2.05, 4.69) is 4.98 Å². The first-order valence-electron chi connectivity index (χ1n) is 9.17. The Bertz CT molecular complexity index is 1050. The Morgan fingerprint density at radius 2 is 1.89 bits per heavy atom. The van der Waals surface area contributed by atoms with Crippen molar-refractivity contribution in [3.8, 4) is 5.69 Å². The van der Waals surface area contributed by atoms with Crippen LogP contribution in [-0.4, -0.2) is 55.2 Å². The second kappa shape index (κ2) is 6.76. The van der Waals surface area contributed by atoms with Gasteiger partial charge < -0.3 is 19.7 Å². The number of aromatic carboxylic acids is 1. The molecule has 3 aromatic rings. The number of carboxylic acid groups (broad SMARTS) is 1. The Morgan fingerprint density at radius 3 is 2.57 bits per heavy atom. The van der Waals surface area contributed by atoms with Crippen LogP contribution in [0.2, 0.25) is 0 Å². The van der Waals surface area contributed by atoms with Crippen LogP contribution in [0.5, 0.6) is 0 Å². The molecule has 7 nitrogen and oxygen atoms in total. The second-order valence-electron chi connectivity index (χ2n) is 7.50. The van der Waals surface area contributed by atoms with Gasteiger partial charge in [-0.15, -0.1) is 0 Å². The molecule has 2 N–H and O–H groups in total. The molecule has 4 rings (SSSR count). The Kier molecular flexibility index (Phi) is 4.39. The van der Waals surface area contributed by atoms with Crippen LogP contribution >= 0.6 is 0 Å². The van der Waals surface area contributed by atoms with E-state index < -0.39 is 11.6 Å². The lowest BCUT2D eigenvalue weighted by atomic mass is 9.95. The van der Waals surface area contributed by atoms with Crippen molar-refractivity contribution in [2.45, 2.75) is 25.4 Å². The standard InChI is InChI=1S/C21H21N3O4/c1-21(28)8-2-9-23(13-21)19(25)16-11-15-7-10-24(18(15)22-12-16)17-5-3-14(4-6-17)20(26)27/h3-7,10-12,28H,2,8-9,13H2,1H3,(H,26,27)/t21-/m0/s1. The van der Waals surface area contributed by atoms with Crippen molar-refractivity contribution in [3.63, 3.8) is 0 Å². The first-order chi connectivity index (χ1) is 13.3. The summed E-state index contributed by atoms with van der Waals surface area (Å²) in [6, 6.07) is 10.2. The molecular weight excluding hydrogens is 358 g/mol.